The number of nitrogens with one attached hydrogen (secondary N) is 1. The molecule has 112 valence electrons. The van der Waals surface area contributed by atoms with E-state index in [1.54, 1.807) is 0 Å². The lowest BCUT2D eigenvalue weighted by atomic mass is 9.92. The van der Waals surface area contributed by atoms with Crippen LogP contribution in [0.25, 0.3) is 11.4 Å². The summed E-state index contributed by atoms with van der Waals surface area (Å²) in [5.74, 6) is 1.90. The van der Waals surface area contributed by atoms with Crippen molar-refractivity contribution in [1.29, 1.82) is 0 Å². The second-order valence-corrected chi connectivity index (χ2v) is 8.30. The van der Waals surface area contributed by atoms with Crippen LogP contribution in [0.2, 0.25) is 0 Å². The molecule has 0 spiro atoms. The Bertz CT molecular complexity index is 685. The number of hydrogen-bond donors (Lipinski definition) is 1. The summed E-state index contributed by atoms with van der Waals surface area (Å²) in [6.45, 7) is 8.62. The van der Waals surface area contributed by atoms with Gasteiger partial charge in [0.15, 0.2) is 0 Å². The second kappa shape index (κ2) is 6.63. The molecule has 21 heavy (non-hydrogen) atoms. The molecular formula is C16H19BrN2S2. The molecule has 1 N–H and O–H groups in total. The van der Waals surface area contributed by atoms with E-state index < -0.39 is 0 Å². The molecule has 5 heteroatoms. The number of halogens is 1. The molecule has 1 heterocycles. The maximum Gasteiger partial charge on any atom is 0.144 e. The Labute approximate surface area is 143 Å². The van der Waals surface area contributed by atoms with E-state index in [4.69, 9.17) is 12.2 Å². The number of aromatic nitrogens is 2. The van der Waals surface area contributed by atoms with Gasteiger partial charge >= 0.3 is 0 Å². The van der Waals surface area contributed by atoms with Gasteiger partial charge in [-0.3, -0.25) is 0 Å². The standard InChI is InChI=1S/C16H19BrN2S2/c1-5-21-11-8-6-10(7-9-11)14-18-13(16(2,3)4)12(17)15(20)19-14/h6-9H,5H2,1-4H3,(H,18,19,20). The van der Waals surface area contributed by atoms with Crippen LogP contribution in [0.3, 0.4) is 0 Å². The molecule has 0 aliphatic carbocycles. The third-order valence-electron chi connectivity index (χ3n) is 3.05. The van der Waals surface area contributed by atoms with Crippen molar-refractivity contribution < 1.29 is 0 Å². The second-order valence-electron chi connectivity index (χ2n) is 5.79. The number of benzene rings is 1. The topological polar surface area (TPSA) is 28.7 Å². The van der Waals surface area contributed by atoms with Gasteiger partial charge in [0.05, 0.1) is 4.47 Å². The highest BCUT2D eigenvalue weighted by molar-refractivity contribution is 9.10. The summed E-state index contributed by atoms with van der Waals surface area (Å²) in [7, 11) is 0. The largest absolute Gasteiger partial charge is 0.342 e. The van der Waals surface area contributed by atoms with Crippen LogP contribution in [-0.4, -0.2) is 15.7 Å². The fourth-order valence-corrected chi connectivity index (χ4v) is 3.63. The maximum atomic E-state index is 5.38. The fourth-order valence-electron chi connectivity index (χ4n) is 1.99. The molecule has 1 aromatic carbocycles. The predicted octanol–water partition coefficient (Wildman–Crippen LogP) is 5.98. The normalized spacial score (nSPS) is 11.7. The summed E-state index contributed by atoms with van der Waals surface area (Å²) in [5.41, 5.74) is 2.10. The van der Waals surface area contributed by atoms with E-state index in [0.29, 0.717) is 4.64 Å². The summed E-state index contributed by atoms with van der Waals surface area (Å²) >= 11 is 10.8. The van der Waals surface area contributed by atoms with Gasteiger partial charge in [0.1, 0.15) is 10.5 Å². The van der Waals surface area contributed by atoms with Gasteiger partial charge in [-0.1, -0.05) is 52.0 Å². The van der Waals surface area contributed by atoms with Crippen LogP contribution in [0, 0.1) is 4.64 Å². The molecule has 2 nitrogen and oxygen atoms in total. The van der Waals surface area contributed by atoms with E-state index in [0.717, 1.165) is 27.3 Å². The molecule has 2 rings (SSSR count). The highest BCUT2D eigenvalue weighted by Crippen LogP contribution is 2.30. The van der Waals surface area contributed by atoms with Crippen molar-refractivity contribution in [3.8, 4) is 11.4 Å². The molecule has 0 bridgehead atoms. The van der Waals surface area contributed by atoms with Crippen molar-refractivity contribution >= 4 is 39.9 Å². The van der Waals surface area contributed by atoms with Gasteiger partial charge in [0.25, 0.3) is 0 Å². The SMILES string of the molecule is CCSc1ccc(-c2nc(=S)c(Br)c(C(C)(C)C)[nH]2)cc1. The highest BCUT2D eigenvalue weighted by atomic mass is 79.9. The van der Waals surface area contributed by atoms with Crippen molar-refractivity contribution in [2.24, 2.45) is 0 Å². The highest BCUT2D eigenvalue weighted by Gasteiger charge is 2.20. The van der Waals surface area contributed by atoms with E-state index in [9.17, 15) is 0 Å². The molecule has 0 saturated carbocycles. The molecule has 0 radical (unpaired) electrons. The quantitative estimate of drug-likeness (QED) is 0.522. The first-order chi connectivity index (χ1) is 9.82. The van der Waals surface area contributed by atoms with Gasteiger partial charge in [-0.25, -0.2) is 4.98 Å². The molecule has 0 aliphatic rings. The number of rotatable bonds is 3. The third kappa shape index (κ3) is 3.96. The first kappa shape index (κ1) is 16.7. The number of thioether (sulfide) groups is 1. The van der Waals surface area contributed by atoms with E-state index in [1.165, 1.54) is 4.90 Å². The molecule has 2 aromatic rings. The minimum atomic E-state index is -0.0257. The Hall–Kier alpha value is -0.650. The lowest BCUT2D eigenvalue weighted by Crippen LogP contribution is -2.16. The van der Waals surface area contributed by atoms with Crippen LogP contribution in [0.15, 0.2) is 33.6 Å². The number of aromatic amines is 1. The van der Waals surface area contributed by atoms with Gasteiger partial charge in [-0.2, -0.15) is 0 Å². The predicted molar refractivity (Wildman–Crippen MR) is 97.7 cm³/mol. The van der Waals surface area contributed by atoms with E-state index in [1.807, 2.05) is 11.8 Å². The van der Waals surface area contributed by atoms with Crippen molar-refractivity contribution in [3.63, 3.8) is 0 Å². The van der Waals surface area contributed by atoms with E-state index in [-0.39, 0.29) is 5.41 Å². The molecule has 0 fully saturated rings. The monoisotopic (exact) mass is 382 g/mol. The third-order valence-corrected chi connectivity index (χ3v) is 5.28. The lowest BCUT2D eigenvalue weighted by molar-refractivity contribution is 0.563. The number of hydrogen-bond acceptors (Lipinski definition) is 3. The van der Waals surface area contributed by atoms with Crippen LogP contribution in [0.1, 0.15) is 33.4 Å². The maximum absolute atomic E-state index is 5.38. The van der Waals surface area contributed by atoms with Gasteiger partial charge in [0, 0.05) is 21.6 Å². The molecule has 0 saturated heterocycles. The summed E-state index contributed by atoms with van der Waals surface area (Å²) in [6, 6.07) is 8.43. The van der Waals surface area contributed by atoms with Crippen LogP contribution in [0.5, 0.6) is 0 Å². The zero-order valence-corrected chi connectivity index (χ0v) is 15.9. The minimum Gasteiger partial charge on any atom is -0.342 e. The Morgan fingerprint density at radius 3 is 2.38 bits per heavy atom. The summed E-state index contributed by atoms with van der Waals surface area (Å²) < 4.78 is 1.48. The summed E-state index contributed by atoms with van der Waals surface area (Å²) in [6.07, 6.45) is 0. The van der Waals surface area contributed by atoms with Crippen LogP contribution in [-0.2, 0) is 5.41 Å². The average Bonchev–Trinajstić information content (AvgIpc) is 2.41. The molecule has 0 unspecified atom stereocenters. The Balaban J connectivity index is 2.49. The van der Waals surface area contributed by atoms with Crippen LogP contribution >= 0.6 is 39.9 Å². The zero-order valence-electron chi connectivity index (χ0n) is 12.7. The van der Waals surface area contributed by atoms with Gasteiger partial charge < -0.3 is 4.98 Å². The van der Waals surface area contributed by atoms with Gasteiger partial charge in [0.2, 0.25) is 0 Å². The lowest BCUT2D eigenvalue weighted by Gasteiger charge is -2.21. The van der Waals surface area contributed by atoms with Crippen molar-refractivity contribution in [2.75, 3.05) is 5.75 Å². The van der Waals surface area contributed by atoms with Gasteiger partial charge in [-0.15, -0.1) is 11.8 Å². The average molecular weight is 383 g/mol. The fraction of sp³-hybridized carbons (Fsp3) is 0.375. The van der Waals surface area contributed by atoms with Gasteiger partial charge in [-0.05, 0) is 33.8 Å². The van der Waals surface area contributed by atoms with E-state index in [2.05, 4.69) is 77.9 Å². The smallest absolute Gasteiger partial charge is 0.144 e. The Morgan fingerprint density at radius 1 is 1.24 bits per heavy atom. The molecule has 1 aromatic heterocycles. The Kier molecular flexibility index (Phi) is 5.28. The van der Waals surface area contributed by atoms with Crippen molar-refractivity contribution in [1.82, 2.24) is 9.97 Å². The summed E-state index contributed by atoms with van der Waals surface area (Å²) in [4.78, 5) is 9.20. The number of nitrogens with zero attached hydrogens (tertiary/aromatic N) is 1. The molecule has 0 atom stereocenters. The van der Waals surface area contributed by atoms with E-state index >= 15 is 0 Å². The molecule has 0 amide bonds. The first-order valence-corrected chi connectivity index (χ1v) is 9.05. The van der Waals surface area contributed by atoms with Crippen LogP contribution < -0.4 is 0 Å². The Morgan fingerprint density at radius 2 is 1.86 bits per heavy atom. The summed E-state index contributed by atoms with van der Waals surface area (Å²) in [5, 5.41) is 0. The van der Waals surface area contributed by atoms with Crippen LogP contribution in [0.4, 0.5) is 0 Å². The molecule has 0 aliphatic heterocycles. The zero-order chi connectivity index (χ0) is 15.6. The van der Waals surface area contributed by atoms with Crippen molar-refractivity contribution in [3.05, 3.63) is 39.1 Å². The first-order valence-electron chi connectivity index (χ1n) is 6.86. The molecular weight excluding hydrogens is 364 g/mol. The number of H-pyrrole nitrogens is 1. The van der Waals surface area contributed by atoms with Crippen molar-refractivity contribution in [2.45, 2.75) is 38.0 Å². The minimum absolute atomic E-state index is 0.0257.